The molecule has 0 aromatic carbocycles. The lowest BCUT2D eigenvalue weighted by molar-refractivity contribution is -0.161. The quantitative estimate of drug-likeness (QED) is 0.0373. The smallest absolute Gasteiger partial charge is 0.306 e. The maximum absolute atomic E-state index is 12.3. The molecule has 454 valence electrons. The molecule has 0 heterocycles. The van der Waals surface area contributed by atoms with E-state index in [4.69, 9.17) is 9.47 Å². The van der Waals surface area contributed by atoms with E-state index in [-0.39, 0.29) is 25.2 Å². The number of ether oxygens (including phenoxy) is 2. The topological polar surface area (TPSA) is 72.8 Å². The van der Waals surface area contributed by atoms with E-state index in [1.807, 2.05) is 0 Å². The Morgan fingerprint density at radius 1 is 0.280 bits per heavy atom. The number of aliphatic hydroxyl groups is 1. The molecule has 82 heavy (non-hydrogen) atoms. The fraction of sp³-hybridized carbons (Fsp3) is 0.506. The standard InChI is InChI=1S/C77H116O5/c1-3-5-7-9-11-13-15-17-19-21-23-25-27-29-31-33-35-37-38-40-42-44-46-48-50-52-54-56-58-60-62-64-66-68-70-72-77(80)82-75(73-78)74-81-76(79)71-69-67-65-63-61-59-57-55-53-51-49-47-45-43-41-39-36-34-32-30-28-26-24-22-20-18-16-14-12-10-8-6-4-2/h5-8,11-14,17-20,23-26,29-32,35-37,39-40,42-43,45-46,48-49,51-52,54-55,57,75,78H,3-4,9-10,15-16,21-22,27-28,33-34,38,41,44,47,50,53,56,58-74H2,1-2H3/b7-5-,8-6-,13-11-,14-12-,19-17-,20-18-,25-23-,26-24-,31-29-,32-30-,37-35-,39-36-,42-40-,45-43-,48-46-,51-49-,54-52-,57-55-. The molecule has 0 aliphatic rings. The van der Waals surface area contributed by atoms with Crippen LogP contribution in [0.15, 0.2) is 219 Å². The van der Waals surface area contributed by atoms with Gasteiger partial charge in [-0.3, -0.25) is 9.59 Å². The maximum Gasteiger partial charge on any atom is 0.306 e. The first-order valence-corrected chi connectivity index (χ1v) is 32.3. The number of unbranched alkanes of at least 4 members (excludes halogenated alkanes) is 12. The highest BCUT2D eigenvalue weighted by Gasteiger charge is 2.16. The van der Waals surface area contributed by atoms with Crippen LogP contribution in [0.25, 0.3) is 0 Å². The van der Waals surface area contributed by atoms with Crippen LogP contribution in [-0.2, 0) is 19.1 Å². The van der Waals surface area contributed by atoms with E-state index in [1.54, 1.807) is 0 Å². The molecule has 0 fully saturated rings. The second-order valence-electron chi connectivity index (χ2n) is 20.4. The summed E-state index contributed by atoms with van der Waals surface area (Å²) in [6, 6.07) is 0. The molecule has 0 aromatic heterocycles. The van der Waals surface area contributed by atoms with Gasteiger partial charge in [0.2, 0.25) is 0 Å². The van der Waals surface area contributed by atoms with Gasteiger partial charge in [-0.05, 0) is 154 Å². The molecule has 0 spiro atoms. The molecule has 0 radical (unpaired) electrons. The largest absolute Gasteiger partial charge is 0.462 e. The summed E-state index contributed by atoms with van der Waals surface area (Å²) >= 11 is 0. The molecule has 5 nitrogen and oxygen atoms in total. The summed E-state index contributed by atoms with van der Waals surface area (Å²) in [5.74, 6) is -0.644. The molecule has 1 atom stereocenters. The van der Waals surface area contributed by atoms with E-state index in [2.05, 4.69) is 233 Å². The number of rotatable bonds is 56. The first-order chi connectivity index (χ1) is 40.6. The van der Waals surface area contributed by atoms with Crippen LogP contribution in [0.2, 0.25) is 0 Å². The van der Waals surface area contributed by atoms with Gasteiger partial charge in [0.15, 0.2) is 6.10 Å². The monoisotopic (exact) mass is 1120 g/mol. The van der Waals surface area contributed by atoms with Crippen LogP contribution in [0.1, 0.15) is 232 Å². The normalized spacial score (nSPS) is 13.7. The van der Waals surface area contributed by atoms with Gasteiger partial charge >= 0.3 is 11.9 Å². The third kappa shape index (κ3) is 66.7. The fourth-order valence-corrected chi connectivity index (χ4v) is 8.01. The van der Waals surface area contributed by atoms with Gasteiger partial charge in [-0.2, -0.15) is 0 Å². The van der Waals surface area contributed by atoms with E-state index in [9.17, 15) is 14.7 Å². The van der Waals surface area contributed by atoms with Crippen molar-refractivity contribution in [1.82, 2.24) is 0 Å². The molecule has 0 aliphatic carbocycles. The zero-order valence-electron chi connectivity index (χ0n) is 51.9. The Morgan fingerprint density at radius 2 is 0.488 bits per heavy atom. The van der Waals surface area contributed by atoms with Crippen molar-refractivity contribution in [3.8, 4) is 0 Å². The van der Waals surface area contributed by atoms with Gasteiger partial charge in [0.1, 0.15) is 6.61 Å². The predicted octanol–water partition coefficient (Wildman–Crippen LogP) is 22.7. The molecule has 0 aliphatic heterocycles. The average molecular weight is 1120 g/mol. The van der Waals surface area contributed by atoms with Crippen molar-refractivity contribution in [1.29, 1.82) is 0 Å². The van der Waals surface area contributed by atoms with Crippen molar-refractivity contribution in [2.24, 2.45) is 0 Å². The number of carbonyl (C=O) groups excluding carboxylic acids is 2. The summed E-state index contributed by atoms with van der Waals surface area (Å²) in [5, 5.41) is 9.69. The highest BCUT2D eigenvalue weighted by Crippen LogP contribution is 2.13. The minimum absolute atomic E-state index is 0.0965. The Balaban J connectivity index is 3.68. The summed E-state index contributed by atoms with van der Waals surface area (Å²) in [6.45, 7) is 3.87. The molecule has 0 aromatic rings. The Kier molecular flexibility index (Phi) is 64.6. The Labute approximate surface area is 503 Å². The van der Waals surface area contributed by atoms with E-state index >= 15 is 0 Å². The number of carbonyl (C=O) groups is 2. The molecule has 5 heteroatoms. The van der Waals surface area contributed by atoms with Crippen molar-refractivity contribution in [3.05, 3.63) is 219 Å². The third-order valence-electron chi connectivity index (χ3n) is 12.8. The average Bonchev–Trinajstić information content (AvgIpc) is 3.49. The number of hydrogen-bond acceptors (Lipinski definition) is 5. The molecule has 0 saturated heterocycles. The van der Waals surface area contributed by atoms with Gasteiger partial charge in [-0.1, -0.05) is 284 Å². The zero-order valence-corrected chi connectivity index (χ0v) is 51.9. The second kappa shape index (κ2) is 69.5. The molecule has 1 unspecified atom stereocenters. The highest BCUT2D eigenvalue weighted by molar-refractivity contribution is 5.70. The lowest BCUT2D eigenvalue weighted by Crippen LogP contribution is -2.28. The van der Waals surface area contributed by atoms with Gasteiger partial charge < -0.3 is 14.6 Å². The first-order valence-electron chi connectivity index (χ1n) is 32.3. The molecule has 0 amide bonds. The summed E-state index contributed by atoms with van der Waals surface area (Å²) in [4.78, 5) is 24.6. The van der Waals surface area contributed by atoms with Crippen LogP contribution in [0.5, 0.6) is 0 Å². The molecule has 1 N–H and O–H groups in total. The van der Waals surface area contributed by atoms with E-state index < -0.39 is 6.10 Å². The van der Waals surface area contributed by atoms with E-state index in [0.29, 0.717) is 12.8 Å². The van der Waals surface area contributed by atoms with Crippen molar-refractivity contribution in [2.75, 3.05) is 13.2 Å². The molecule has 0 saturated carbocycles. The summed E-state index contributed by atoms with van der Waals surface area (Å²) in [6.07, 6.45) is 113. The van der Waals surface area contributed by atoms with E-state index in [0.717, 1.165) is 180 Å². The van der Waals surface area contributed by atoms with Crippen molar-refractivity contribution in [2.45, 2.75) is 238 Å². The number of allylic oxidation sites excluding steroid dienone is 36. The Morgan fingerprint density at radius 3 is 0.732 bits per heavy atom. The highest BCUT2D eigenvalue weighted by atomic mass is 16.6. The number of hydrogen-bond donors (Lipinski definition) is 1. The Bertz CT molecular complexity index is 1990. The van der Waals surface area contributed by atoms with Crippen LogP contribution in [-0.4, -0.2) is 36.4 Å². The second-order valence-corrected chi connectivity index (χ2v) is 20.4. The minimum Gasteiger partial charge on any atom is -0.462 e. The molecular weight excluding hydrogens is 1000 g/mol. The number of esters is 2. The van der Waals surface area contributed by atoms with E-state index in [1.165, 1.54) is 25.7 Å². The maximum atomic E-state index is 12.3. The van der Waals surface area contributed by atoms with Gasteiger partial charge in [0.05, 0.1) is 6.61 Å². The summed E-state index contributed by atoms with van der Waals surface area (Å²) in [7, 11) is 0. The van der Waals surface area contributed by atoms with Crippen LogP contribution in [0, 0.1) is 0 Å². The van der Waals surface area contributed by atoms with Gasteiger partial charge in [-0.25, -0.2) is 0 Å². The van der Waals surface area contributed by atoms with Crippen LogP contribution in [0.4, 0.5) is 0 Å². The molecule has 0 rings (SSSR count). The van der Waals surface area contributed by atoms with Gasteiger partial charge in [0, 0.05) is 12.8 Å². The lowest BCUT2D eigenvalue weighted by atomic mass is 10.1. The van der Waals surface area contributed by atoms with Crippen LogP contribution < -0.4 is 0 Å². The lowest BCUT2D eigenvalue weighted by Gasteiger charge is -2.15. The fourth-order valence-electron chi connectivity index (χ4n) is 8.01. The molecular formula is C77H116O5. The van der Waals surface area contributed by atoms with Crippen LogP contribution in [0.3, 0.4) is 0 Å². The summed E-state index contributed by atoms with van der Waals surface area (Å²) < 4.78 is 10.7. The van der Waals surface area contributed by atoms with Crippen molar-refractivity contribution < 1.29 is 24.2 Å². The molecule has 0 bridgehead atoms. The third-order valence-corrected chi connectivity index (χ3v) is 12.8. The Hall–Kier alpha value is -5.78. The van der Waals surface area contributed by atoms with Crippen molar-refractivity contribution in [3.63, 3.8) is 0 Å². The van der Waals surface area contributed by atoms with Gasteiger partial charge in [-0.15, -0.1) is 0 Å². The SMILES string of the molecule is CC/C=C\C/C=C\C/C=C\C/C=C\C/C=C\C/C=C\C/C=C\C/C=C\C/C=C\CCCCCCCCCC(=O)OC(CO)COC(=O)CCCCCCC/C=C\C/C=C\C/C=C\C/C=C\C/C=C\C/C=C\C/C=C\C/C=C\C/C=C\CC. The minimum atomic E-state index is -0.807. The summed E-state index contributed by atoms with van der Waals surface area (Å²) in [5.41, 5.74) is 0. The zero-order chi connectivity index (χ0) is 59.1. The number of aliphatic hydroxyl groups excluding tert-OH is 1. The van der Waals surface area contributed by atoms with Gasteiger partial charge in [0.25, 0.3) is 0 Å². The predicted molar refractivity (Wildman–Crippen MR) is 361 cm³/mol. The first kappa shape index (κ1) is 76.2. The van der Waals surface area contributed by atoms with Crippen molar-refractivity contribution >= 4 is 11.9 Å². The van der Waals surface area contributed by atoms with Crippen LogP contribution >= 0.6 is 0 Å².